The second kappa shape index (κ2) is 5.36. The first-order valence-corrected chi connectivity index (χ1v) is 7.38. The largest absolute Gasteiger partial charge is 0.507 e. The highest BCUT2D eigenvalue weighted by atomic mass is 16.4. The van der Waals surface area contributed by atoms with Gasteiger partial charge in [-0.25, -0.2) is 0 Å². The molecule has 3 heteroatoms. The quantitative estimate of drug-likeness (QED) is 0.470. The van der Waals surface area contributed by atoms with Crippen molar-refractivity contribution < 1.29 is 10.3 Å². The van der Waals surface area contributed by atoms with Gasteiger partial charge in [0.25, 0.3) is 0 Å². The molecule has 0 aliphatic rings. The van der Waals surface area contributed by atoms with Gasteiger partial charge in [0.15, 0.2) is 0 Å². The molecule has 0 saturated carbocycles. The smallest absolute Gasteiger partial charge is 0.123 e. The third-order valence-corrected chi connectivity index (χ3v) is 3.85. The monoisotopic (exact) mass is 291 g/mol. The van der Waals surface area contributed by atoms with Crippen molar-refractivity contribution in [3.05, 3.63) is 28.8 Å². The predicted octanol–water partition coefficient (Wildman–Crippen LogP) is 4.72. The Morgan fingerprint density at radius 3 is 1.52 bits per heavy atom. The van der Waals surface area contributed by atoms with Gasteiger partial charge < -0.3 is 10.3 Å². The lowest BCUT2D eigenvalue weighted by molar-refractivity contribution is 0.317. The molecule has 0 amide bonds. The van der Waals surface area contributed by atoms with Crippen LogP contribution in [0.15, 0.2) is 17.3 Å². The lowest BCUT2D eigenvalue weighted by Gasteiger charge is -2.31. The maximum atomic E-state index is 10.7. The summed E-state index contributed by atoms with van der Waals surface area (Å²) in [5.74, 6) is 0.371. The van der Waals surface area contributed by atoms with E-state index >= 15 is 0 Å². The average molecular weight is 291 g/mol. The van der Waals surface area contributed by atoms with Crippen molar-refractivity contribution in [1.29, 1.82) is 0 Å². The number of hydrogen-bond donors (Lipinski definition) is 2. The van der Waals surface area contributed by atoms with Crippen LogP contribution in [-0.4, -0.2) is 16.5 Å². The fourth-order valence-corrected chi connectivity index (χ4v) is 2.37. The van der Waals surface area contributed by atoms with Crippen LogP contribution in [0.2, 0.25) is 0 Å². The van der Waals surface area contributed by atoms with E-state index in [1.54, 1.807) is 0 Å². The maximum Gasteiger partial charge on any atom is 0.123 e. The van der Waals surface area contributed by atoms with E-state index in [0.29, 0.717) is 5.75 Å². The molecule has 0 spiro atoms. The number of aromatic hydroxyl groups is 1. The summed E-state index contributed by atoms with van der Waals surface area (Å²) in [4.78, 5) is 0. The highest BCUT2D eigenvalue weighted by molar-refractivity contribution is 5.73. The number of phenolic OH excluding ortho intramolecular Hbond substituents is 1. The summed E-state index contributed by atoms with van der Waals surface area (Å²) < 4.78 is 0. The van der Waals surface area contributed by atoms with E-state index in [4.69, 9.17) is 5.21 Å². The van der Waals surface area contributed by atoms with E-state index in [9.17, 15) is 5.11 Å². The van der Waals surface area contributed by atoms with Crippen molar-refractivity contribution >= 4 is 6.21 Å². The highest BCUT2D eigenvalue weighted by Crippen LogP contribution is 2.41. The molecule has 1 rings (SSSR count). The lowest BCUT2D eigenvalue weighted by Crippen LogP contribution is -2.24. The first-order chi connectivity index (χ1) is 9.30. The van der Waals surface area contributed by atoms with Crippen molar-refractivity contribution in [1.82, 2.24) is 0 Å². The van der Waals surface area contributed by atoms with E-state index < -0.39 is 5.41 Å². The molecule has 0 radical (unpaired) electrons. The van der Waals surface area contributed by atoms with Crippen molar-refractivity contribution in [3.63, 3.8) is 0 Å². The average Bonchev–Trinajstić information content (AvgIpc) is 2.25. The van der Waals surface area contributed by atoms with Crippen LogP contribution < -0.4 is 0 Å². The standard InChI is InChI=1S/C18H29NO2/c1-16(2,3)13-9-12(18(7,8)11-19-21)10-14(15(13)20)17(4,5)6/h9-11,20-21H,1-8H3/b19-11+. The van der Waals surface area contributed by atoms with E-state index in [0.717, 1.165) is 16.7 Å². The topological polar surface area (TPSA) is 52.8 Å². The van der Waals surface area contributed by atoms with Gasteiger partial charge in [-0.1, -0.05) is 67.5 Å². The normalized spacial score (nSPS) is 13.9. The fraction of sp³-hybridized carbons (Fsp3) is 0.611. The summed E-state index contributed by atoms with van der Waals surface area (Å²) in [5.41, 5.74) is 2.16. The summed E-state index contributed by atoms with van der Waals surface area (Å²) in [7, 11) is 0. The Labute approximate surface area is 128 Å². The number of oxime groups is 1. The number of nitrogens with zero attached hydrogens (tertiary/aromatic N) is 1. The van der Waals surface area contributed by atoms with Crippen molar-refractivity contribution in [3.8, 4) is 5.75 Å². The SMILES string of the molecule is CC(C)(C)c1cc(C(C)(C)/C=N/O)cc(C(C)(C)C)c1O. The molecule has 1 aromatic rings. The van der Waals surface area contributed by atoms with Gasteiger partial charge in [0.05, 0.1) is 6.21 Å². The zero-order valence-electron chi connectivity index (χ0n) is 14.6. The maximum absolute atomic E-state index is 10.7. The van der Waals surface area contributed by atoms with Crippen LogP contribution in [0, 0.1) is 0 Å². The van der Waals surface area contributed by atoms with Gasteiger partial charge in [-0.3, -0.25) is 0 Å². The summed E-state index contributed by atoms with van der Waals surface area (Å²) in [5, 5.41) is 22.8. The molecule has 0 fully saturated rings. The number of phenols is 1. The second-order valence-electron chi connectivity index (χ2n) is 8.39. The van der Waals surface area contributed by atoms with Crippen LogP contribution >= 0.6 is 0 Å². The van der Waals surface area contributed by atoms with Crippen molar-refractivity contribution in [2.24, 2.45) is 5.16 Å². The van der Waals surface area contributed by atoms with Crippen molar-refractivity contribution in [2.75, 3.05) is 0 Å². The Bertz CT molecular complexity index is 508. The molecule has 0 saturated heterocycles. The molecular weight excluding hydrogens is 262 g/mol. The lowest BCUT2D eigenvalue weighted by atomic mass is 9.74. The van der Waals surface area contributed by atoms with Crippen LogP contribution in [0.4, 0.5) is 0 Å². The third-order valence-electron chi connectivity index (χ3n) is 3.85. The van der Waals surface area contributed by atoms with Gasteiger partial charge >= 0.3 is 0 Å². The molecule has 0 aromatic heterocycles. The van der Waals surface area contributed by atoms with Gasteiger partial charge in [0, 0.05) is 5.41 Å². The number of hydrogen-bond acceptors (Lipinski definition) is 3. The molecule has 0 aliphatic carbocycles. The molecular formula is C18H29NO2. The number of rotatable bonds is 2. The minimum absolute atomic E-state index is 0.160. The van der Waals surface area contributed by atoms with Gasteiger partial charge in [-0.2, -0.15) is 0 Å². The molecule has 0 aliphatic heterocycles. The van der Waals surface area contributed by atoms with Crippen LogP contribution in [0.1, 0.15) is 72.1 Å². The Morgan fingerprint density at radius 2 is 1.24 bits per heavy atom. The fourth-order valence-electron chi connectivity index (χ4n) is 2.37. The minimum Gasteiger partial charge on any atom is -0.507 e. The zero-order chi connectivity index (χ0) is 16.6. The Morgan fingerprint density at radius 1 is 0.857 bits per heavy atom. The van der Waals surface area contributed by atoms with E-state index in [1.165, 1.54) is 6.21 Å². The third kappa shape index (κ3) is 3.78. The van der Waals surface area contributed by atoms with Crippen LogP contribution in [0.25, 0.3) is 0 Å². The summed E-state index contributed by atoms with van der Waals surface area (Å²) >= 11 is 0. The summed E-state index contributed by atoms with van der Waals surface area (Å²) in [6.07, 6.45) is 1.53. The molecule has 118 valence electrons. The first-order valence-electron chi connectivity index (χ1n) is 7.38. The zero-order valence-corrected chi connectivity index (χ0v) is 14.6. The van der Waals surface area contributed by atoms with Crippen LogP contribution in [-0.2, 0) is 16.2 Å². The minimum atomic E-state index is -0.400. The Kier molecular flexibility index (Phi) is 4.48. The molecule has 0 heterocycles. The van der Waals surface area contributed by atoms with Gasteiger partial charge in [-0.15, -0.1) is 5.16 Å². The van der Waals surface area contributed by atoms with Crippen LogP contribution in [0.5, 0.6) is 5.75 Å². The summed E-state index contributed by atoms with van der Waals surface area (Å²) in [6, 6.07) is 4.04. The predicted molar refractivity (Wildman–Crippen MR) is 88.8 cm³/mol. The highest BCUT2D eigenvalue weighted by Gasteiger charge is 2.30. The molecule has 0 unspecified atom stereocenters. The van der Waals surface area contributed by atoms with Gasteiger partial charge in [0.2, 0.25) is 0 Å². The molecule has 2 N–H and O–H groups in total. The van der Waals surface area contributed by atoms with E-state index in [2.05, 4.69) is 46.7 Å². The number of benzene rings is 1. The van der Waals surface area contributed by atoms with Crippen molar-refractivity contribution in [2.45, 2.75) is 71.6 Å². The van der Waals surface area contributed by atoms with E-state index in [1.807, 2.05) is 26.0 Å². The van der Waals surface area contributed by atoms with Crippen LogP contribution in [0.3, 0.4) is 0 Å². The Balaban J connectivity index is 3.71. The second-order valence-corrected chi connectivity index (χ2v) is 8.39. The van der Waals surface area contributed by atoms with E-state index in [-0.39, 0.29) is 10.8 Å². The first kappa shape index (κ1) is 17.5. The molecule has 21 heavy (non-hydrogen) atoms. The van der Waals surface area contributed by atoms with Gasteiger partial charge in [0.1, 0.15) is 5.75 Å². The van der Waals surface area contributed by atoms with Gasteiger partial charge in [-0.05, 0) is 27.5 Å². The molecule has 0 bridgehead atoms. The Hall–Kier alpha value is -1.51. The molecule has 0 atom stereocenters. The molecule has 3 nitrogen and oxygen atoms in total. The summed E-state index contributed by atoms with van der Waals surface area (Å²) in [6.45, 7) is 16.5. The molecule has 1 aromatic carbocycles.